The minimum Gasteiger partial charge on any atom is -0.494 e. The normalized spacial score (nSPS) is 18.2. The number of amides is 2. The monoisotopic (exact) mass is 401 g/mol. The Morgan fingerprint density at radius 3 is 2.28 bits per heavy atom. The number of methoxy groups -OCH3 is 1. The molecule has 1 fully saturated rings. The molecule has 7 nitrogen and oxygen atoms in total. The van der Waals surface area contributed by atoms with Crippen LogP contribution in [0.25, 0.3) is 5.57 Å². The number of likely N-dealkylation sites (N-methyl/N-ethyl adjacent to an activating group) is 1. The molecule has 0 bridgehead atoms. The second-order valence-corrected chi connectivity index (χ2v) is 7.50. The second-order valence-electron chi connectivity index (χ2n) is 7.50. The molecule has 0 spiro atoms. The zero-order valence-electron chi connectivity index (χ0n) is 17.6. The van der Waals surface area contributed by atoms with Crippen molar-refractivity contribution in [2.75, 3.05) is 60.1 Å². The molecule has 3 rings (SSSR count). The maximum Gasteiger partial charge on any atom is 0.277 e. The van der Waals surface area contributed by atoms with Crippen molar-refractivity contribution in [3.8, 4) is 5.75 Å². The summed E-state index contributed by atoms with van der Waals surface area (Å²) in [7, 11) is 3.69. The van der Waals surface area contributed by atoms with E-state index in [1.54, 1.807) is 7.11 Å². The van der Waals surface area contributed by atoms with E-state index in [0.29, 0.717) is 37.4 Å². The van der Waals surface area contributed by atoms with Gasteiger partial charge in [0.2, 0.25) is 0 Å². The van der Waals surface area contributed by atoms with Crippen LogP contribution >= 0.6 is 0 Å². The van der Waals surface area contributed by atoms with Crippen molar-refractivity contribution in [2.45, 2.75) is 19.8 Å². The van der Waals surface area contributed by atoms with Crippen LogP contribution in [0.2, 0.25) is 0 Å². The first-order valence-corrected chi connectivity index (χ1v) is 10.3. The summed E-state index contributed by atoms with van der Waals surface area (Å²) >= 11 is 0. The number of piperazine rings is 1. The third kappa shape index (κ3) is 4.79. The highest BCUT2D eigenvalue weighted by atomic mass is 16.5. The molecule has 2 amide bonds. The highest BCUT2D eigenvalue weighted by Crippen LogP contribution is 2.33. The van der Waals surface area contributed by atoms with Gasteiger partial charge in [-0.15, -0.1) is 0 Å². The van der Waals surface area contributed by atoms with Crippen LogP contribution in [0, 0.1) is 0 Å². The standard InChI is InChI=1S/C22H31N3O4/c1-4-15-29-18-8-6-17(7-9-18)19-20(24-13-11-23(2)12-14-24)22(27)25(21(19)26)10-5-16-28-3/h6-9H,4-5,10-16H2,1-3H3. The van der Waals surface area contributed by atoms with E-state index in [1.165, 1.54) is 4.90 Å². The van der Waals surface area contributed by atoms with Crippen molar-refractivity contribution in [3.63, 3.8) is 0 Å². The number of hydrogen-bond acceptors (Lipinski definition) is 6. The Kier molecular flexibility index (Phi) is 7.28. The molecule has 1 aromatic rings. The van der Waals surface area contributed by atoms with Gasteiger partial charge in [0.25, 0.3) is 11.8 Å². The molecule has 0 atom stereocenters. The SMILES string of the molecule is CCCOc1ccc(C2=C(N3CCN(C)CC3)C(=O)N(CCCOC)C2=O)cc1. The lowest BCUT2D eigenvalue weighted by atomic mass is 10.0. The van der Waals surface area contributed by atoms with Crippen molar-refractivity contribution >= 4 is 17.4 Å². The van der Waals surface area contributed by atoms with E-state index in [-0.39, 0.29) is 11.8 Å². The summed E-state index contributed by atoms with van der Waals surface area (Å²) in [6, 6.07) is 7.48. The summed E-state index contributed by atoms with van der Waals surface area (Å²) in [5.74, 6) is 0.352. The molecule has 0 N–H and O–H groups in total. The van der Waals surface area contributed by atoms with E-state index in [0.717, 1.165) is 43.9 Å². The first-order valence-electron chi connectivity index (χ1n) is 10.3. The average Bonchev–Trinajstić information content (AvgIpc) is 2.98. The molecule has 2 aliphatic heterocycles. The van der Waals surface area contributed by atoms with Gasteiger partial charge in [0.1, 0.15) is 11.4 Å². The predicted octanol–water partition coefficient (Wildman–Crippen LogP) is 1.84. The number of hydrogen-bond donors (Lipinski definition) is 0. The van der Waals surface area contributed by atoms with Gasteiger partial charge in [-0.25, -0.2) is 0 Å². The average molecular weight is 402 g/mol. The molecule has 0 unspecified atom stereocenters. The van der Waals surface area contributed by atoms with Gasteiger partial charge in [0.15, 0.2) is 0 Å². The topological polar surface area (TPSA) is 62.3 Å². The van der Waals surface area contributed by atoms with Crippen LogP contribution < -0.4 is 4.74 Å². The molecule has 1 saturated heterocycles. The third-order valence-electron chi connectivity index (χ3n) is 5.31. The predicted molar refractivity (Wildman–Crippen MR) is 111 cm³/mol. The third-order valence-corrected chi connectivity index (χ3v) is 5.31. The fourth-order valence-electron chi connectivity index (χ4n) is 3.65. The van der Waals surface area contributed by atoms with Crippen molar-refractivity contribution in [1.82, 2.24) is 14.7 Å². The Balaban J connectivity index is 1.90. The zero-order chi connectivity index (χ0) is 20.8. The Bertz CT molecular complexity index is 752. The van der Waals surface area contributed by atoms with E-state index >= 15 is 0 Å². The van der Waals surface area contributed by atoms with Crippen LogP contribution in [-0.4, -0.2) is 86.6 Å². The van der Waals surface area contributed by atoms with Gasteiger partial charge >= 0.3 is 0 Å². The molecule has 2 heterocycles. The van der Waals surface area contributed by atoms with Crippen molar-refractivity contribution in [2.24, 2.45) is 0 Å². The lowest BCUT2D eigenvalue weighted by molar-refractivity contribution is -0.137. The lowest BCUT2D eigenvalue weighted by Gasteiger charge is -2.34. The number of benzene rings is 1. The van der Waals surface area contributed by atoms with Crippen LogP contribution in [0.15, 0.2) is 30.0 Å². The van der Waals surface area contributed by atoms with Crippen LogP contribution in [0.3, 0.4) is 0 Å². The molecule has 1 aromatic carbocycles. The lowest BCUT2D eigenvalue weighted by Crippen LogP contribution is -2.46. The summed E-state index contributed by atoms with van der Waals surface area (Å²) in [5, 5.41) is 0. The molecule has 158 valence electrons. The van der Waals surface area contributed by atoms with Crippen LogP contribution in [0.1, 0.15) is 25.3 Å². The minimum atomic E-state index is -0.220. The number of imide groups is 1. The zero-order valence-corrected chi connectivity index (χ0v) is 17.6. The van der Waals surface area contributed by atoms with Gasteiger partial charge in [-0.05, 0) is 37.6 Å². The smallest absolute Gasteiger partial charge is 0.277 e. The van der Waals surface area contributed by atoms with Crippen molar-refractivity contribution in [1.29, 1.82) is 0 Å². The van der Waals surface area contributed by atoms with Gasteiger partial charge in [0.05, 0.1) is 12.2 Å². The van der Waals surface area contributed by atoms with Crippen molar-refractivity contribution in [3.05, 3.63) is 35.5 Å². The van der Waals surface area contributed by atoms with E-state index in [1.807, 2.05) is 24.3 Å². The first kappa shape index (κ1) is 21.3. The highest BCUT2D eigenvalue weighted by Gasteiger charge is 2.41. The van der Waals surface area contributed by atoms with E-state index in [4.69, 9.17) is 9.47 Å². The van der Waals surface area contributed by atoms with Gasteiger partial charge < -0.3 is 19.3 Å². The first-order chi connectivity index (χ1) is 14.1. The number of rotatable bonds is 9. The number of ether oxygens (including phenoxy) is 2. The fraction of sp³-hybridized carbons (Fsp3) is 0.545. The summed E-state index contributed by atoms with van der Waals surface area (Å²) in [5.41, 5.74) is 1.79. The number of carbonyl (C=O) groups excluding carboxylic acids is 2. The molecule has 0 aliphatic carbocycles. The molecular weight excluding hydrogens is 370 g/mol. The maximum atomic E-state index is 13.2. The van der Waals surface area contributed by atoms with Crippen LogP contribution in [-0.2, 0) is 14.3 Å². The Hall–Kier alpha value is -2.38. The molecule has 29 heavy (non-hydrogen) atoms. The Labute approximate surface area is 172 Å². The summed E-state index contributed by atoms with van der Waals surface area (Å²) in [4.78, 5) is 32.1. The molecule has 2 aliphatic rings. The van der Waals surface area contributed by atoms with E-state index in [9.17, 15) is 9.59 Å². The summed E-state index contributed by atoms with van der Waals surface area (Å²) in [6.45, 7) is 6.79. The molecular formula is C22H31N3O4. The Morgan fingerprint density at radius 2 is 1.66 bits per heavy atom. The molecule has 7 heteroatoms. The van der Waals surface area contributed by atoms with Gasteiger partial charge in [-0.3, -0.25) is 14.5 Å². The van der Waals surface area contributed by atoms with Crippen LogP contribution in [0.4, 0.5) is 0 Å². The second kappa shape index (κ2) is 9.89. The molecule has 0 saturated carbocycles. The fourth-order valence-corrected chi connectivity index (χ4v) is 3.65. The minimum absolute atomic E-state index is 0.197. The highest BCUT2D eigenvalue weighted by molar-refractivity contribution is 6.35. The van der Waals surface area contributed by atoms with Gasteiger partial charge in [-0.2, -0.15) is 0 Å². The number of carbonyl (C=O) groups is 2. The maximum absolute atomic E-state index is 13.2. The van der Waals surface area contributed by atoms with Gasteiger partial charge in [-0.1, -0.05) is 19.1 Å². The van der Waals surface area contributed by atoms with E-state index in [2.05, 4.69) is 23.8 Å². The van der Waals surface area contributed by atoms with Crippen LogP contribution in [0.5, 0.6) is 5.75 Å². The van der Waals surface area contributed by atoms with Crippen molar-refractivity contribution < 1.29 is 19.1 Å². The summed E-state index contributed by atoms with van der Waals surface area (Å²) < 4.78 is 10.7. The largest absolute Gasteiger partial charge is 0.494 e. The summed E-state index contributed by atoms with van der Waals surface area (Å²) in [6.07, 6.45) is 1.56. The van der Waals surface area contributed by atoms with Gasteiger partial charge in [0, 0.05) is 46.4 Å². The number of nitrogens with zero attached hydrogens (tertiary/aromatic N) is 3. The van der Waals surface area contributed by atoms with E-state index < -0.39 is 0 Å². The molecule has 0 radical (unpaired) electrons. The quantitative estimate of drug-likeness (QED) is 0.465. The Morgan fingerprint density at radius 1 is 0.966 bits per heavy atom. The molecule has 0 aromatic heterocycles.